The average molecular weight is 372 g/mol. The maximum Gasteiger partial charge on any atom is 0.220 e. The lowest BCUT2D eigenvalue weighted by Crippen LogP contribution is -2.25. The monoisotopic (exact) mass is 371 g/mol. The maximum absolute atomic E-state index is 12.0. The van der Waals surface area contributed by atoms with Gasteiger partial charge in [-0.25, -0.2) is 0 Å². The van der Waals surface area contributed by atoms with Crippen molar-refractivity contribution in [3.05, 3.63) is 64.4 Å². The number of aryl methyl sites for hydroxylation is 1. The summed E-state index contributed by atoms with van der Waals surface area (Å²) in [5.74, 6) is 0.942. The highest BCUT2D eigenvalue weighted by atomic mass is 32.1. The zero-order valence-corrected chi connectivity index (χ0v) is 15.8. The Bertz CT molecular complexity index is 791. The molecular weight excluding hydrogens is 350 g/mol. The Morgan fingerprint density at radius 2 is 1.88 bits per heavy atom. The Morgan fingerprint density at radius 3 is 2.60 bits per heavy atom. The van der Waals surface area contributed by atoms with Crippen LogP contribution in [-0.2, 0) is 17.6 Å². The largest absolute Gasteiger partial charge is 0.497 e. The van der Waals surface area contributed by atoms with E-state index >= 15 is 0 Å². The Balaban J connectivity index is 1.39. The number of hydrogen-bond acceptors (Lipinski definition) is 4. The van der Waals surface area contributed by atoms with E-state index in [1.165, 1.54) is 14.6 Å². The minimum absolute atomic E-state index is 0.103. The van der Waals surface area contributed by atoms with Gasteiger partial charge in [0.1, 0.15) is 5.75 Å². The van der Waals surface area contributed by atoms with E-state index in [0.29, 0.717) is 13.0 Å². The van der Waals surface area contributed by atoms with Gasteiger partial charge in [-0.1, -0.05) is 18.2 Å². The van der Waals surface area contributed by atoms with Gasteiger partial charge in [0.25, 0.3) is 0 Å². The average Bonchev–Trinajstić information content (AvgIpc) is 3.32. The van der Waals surface area contributed by atoms with Crippen LogP contribution < -0.4 is 10.1 Å². The predicted molar refractivity (Wildman–Crippen MR) is 106 cm³/mol. The molecule has 1 N–H and O–H groups in total. The van der Waals surface area contributed by atoms with Gasteiger partial charge in [0, 0.05) is 27.6 Å². The fraction of sp³-hybridized carbons (Fsp3) is 0.250. The number of amides is 1. The molecule has 0 saturated heterocycles. The Hall–Kier alpha value is -2.11. The highest BCUT2D eigenvalue weighted by Gasteiger charge is 2.06. The minimum Gasteiger partial charge on any atom is -0.497 e. The van der Waals surface area contributed by atoms with Gasteiger partial charge in [0.2, 0.25) is 5.91 Å². The molecule has 0 aliphatic heterocycles. The van der Waals surface area contributed by atoms with E-state index in [-0.39, 0.29) is 5.91 Å². The van der Waals surface area contributed by atoms with Gasteiger partial charge in [0.15, 0.2) is 0 Å². The molecule has 3 rings (SSSR count). The molecule has 3 nitrogen and oxygen atoms in total. The van der Waals surface area contributed by atoms with Crippen LogP contribution in [0.2, 0.25) is 0 Å². The molecule has 1 aromatic carbocycles. The standard InChI is InChI=1S/C20H21NO2S2/c1-23-16-7-4-15(5-8-16)6-11-20(22)21-13-12-17-9-10-19(25-17)18-3-2-14-24-18/h2-5,7-10,14H,6,11-13H2,1H3,(H,21,22). The van der Waals surface area contributed by atoms with E-state index in [4.69, 9.17) is 4.74 Å². The molecule has 130 valence electrons. The van der Waals surface area contributed by atoms with Crippen LogP contribution in [0.15, 0.2) is 53.9 Å². The molecule has 5 heteroatoms. The van der Waals surface area contributed by atoms with Crippen LogP contribution in [-0.4, -0.2) is 19.6 Å². The molecule has 3 aromatic rings. The molecule has 2 heterocycles. The molecule has 0 fully saturated rings. The lowest BCUT2D eigenvalue weighted by Gasteiger charge is -2.05. The smallest absolute Gasteiger partial charge is 0.220 e. The predicted octanol–water partition coefficient (Wildman–Crippen LogP) is 4.78. The van der Waals surface area contributed by atoms with Crippen molar-refractivity contribution in [2.24, 2.45) is 0 Å². The molecule has 0 radical (unpaired) electrons. The first-order valence-corrected chi connectivity index (χ1v) is 9.96. The van der Waals surface area contributed by atoms with Crippen LogP contribution in [0.3, 0.4) is 0 Å². The molecule has 0 atom stereocenters. The first-order valence-electron chi connectivity index (χ1n) is 8.27. The molecule has 0 unspecified atom stereocenters. The first kappa shape index (κ1) is 17.7. The fourth-order valence-electron chi connectivity index (χ4n) is 2.53. The van der Waals surface area contributed by atoms with E-state index < -0.39 is 0 Å². The number of rotatable bonds is 8. The van der Waals surface area contributed by atoms with Gasteiger partial charge in [0.05, 0.1) is 7.11 Å². The van der Waals surface area contributed by atoms with E-state index in [2.05, 4.69) is 35.0 Å². The molecule has 0 bridgehead atoms. The first-order chi connectivity index (χ1) is 12.2. The van der Waals surface area contributed by atoms with Crippen molar-refractivity contribution in [3.8, 4) is 15.5 Å². The second-order valence-corrected chi connectivity index (χ2v) is 7.81. The number of thiophene rings is 2. The van der Waals surface area contributed by atoms with Crippen LogP contribution >= 0.6 is 22.7 Å². The molecule has 1 amide bonds. The highest BCUT2D eigenvalue weighted by Crippen LogP contribution is 2.31. The van der Waals surface area contributed by atoms with Crippen LogP contribution in [0.25, 0.3) is 9.75 Å². The van der Waals surface area contributed by atoms with Gasteiger partial charge in [-0.3, -0.25) is 4.79 Å². The Labute approximate surface area is 156 Å². The number of methoxy groups -OCH3 is 1. The Morgan fingerprint density at radius 1 is 1.04 bits per heavy atom. The second kappa shape index (κ2) is 8.83. The minimum atomic E-state index is 0.103. The summed E-state index contributed by atoms with van der Waals surface area (Å²) in [6.07, 6.45) is 2.14. The lowest BCUT2D eigenvalue weighted by atomic mass is 10.1. The zero-order chi connectivity index (χ0) is 17.5. The third-order valence-electron chi connectivity index (χ3n) is 3.92. The lowest BCUT2D eigenvalue weighted by molar-refractivity contribution is -0.121. The van der Waals surface area contributed by atoms with Crippen molar-refractivity contribution >= 4 is 28.6 Å². The summed E-state index contributed by atoms with van der Waals surface area (Å²) in [7, 11) is 1.65. The van der Waals surface area contributed by atoms with E-state index in [1.54, 1.807) is 29.8 Å². The summed E-state index contributed by atoms with van der Waals surface area (Å²) >= 11 is 3.56. The summed E-state index contributed by atoms with van der Waals surface area (Å²) in [6.45, 7) is 0.686. The number of carbonyl (C=O) groups excluding carboxylic acids is 1. The summed E-state index contributed by atoms with van der Waals surface area (Å²) < 4.78 is 5.14. The van der Waals surface area contributed by atoms with Gasteiger partial charge < -0.3 is 10.1 Å². The van der Waals surface area contributed by atoms with Crippen molar-refractivity contribution in [2.45, 2.75) is 19.3 Å². The van der Waals surface area contributed by atoms with Gasteiger partial charge in [-0.15, -0.1) is 22.7 Å². The van der Waals surface area contributed by atoms with Gasteiger partial charge in [-0.05, 0) is 54.1 Å². The molecule has 0 aliphatic carbocycles. The second-order valence-electron chi connectivity index (χ2n) is 5.69. The molecule has 0 saturated carbocycles. The SMILES string of the molecule is COc1ccc(CCC(=O)NCCc2ccc(-c3cccs3)s2)cc1. The molecular formula is C20H21NO2S2. The zero-order valence-electron chi connectivity index (χ0n) is 14.2. The highest BCUT2D eigenvalue weighted by molar-refractivity contribution is 7.21. The van der Waals surface area contributed by atoms with Crippen molar-refractivity contribution < 1.29 is 9.53 Å². The molecule has 25 heavy (non-hydrogen) atoms. The normalized spacial score (nSPS) is 10.6. The van der Waals surface area contributed by atoms with Crippen LogP contribution in [0, 0.1) is 0 Å². The topological polar surface area (TPSA) is 38.3 Å². The molecule has 2 aromatic heterocycles. The summed E-state index contributed by atoms with van der Waals surface area (Å²) in [6, 6.07) is 16.4. The van der Waals surface area contributed by atoms with Gasteiger partial charge >= 0.3 is 0 Å². The number of hydrogen-bond donors (Lipinski definition) is 1. The number of carbonyl (C=O) groups is 1. The van der Waals surface area contributed by atoms with Crippen molar-refractivity contribution in [3.63, 3.8) is 0 Å². The maximum atomic E-state index is 12.0. The fourth-order valence-corrected chi connectivity index (χ4v) is 4.37. The van der Waals surface area contributed by atoms with E-state index in [1.807, 2.05) is 24.3 Å². The van der Waals surface area contributed by atoms with Crippen molar-refractivity contribution in [1.82, 2.24) is 5.32 Å². The third kappa shape index (κ3) is 5.18. The summed E-state index contributed by atoms with van der Waals surface area (Å²) in [5, 5.41) is 5.11. The van der Waals surface area contributed by atoms with Crippen LogP contribution in [0.5, 0.6) is 5.75 Å². The summed E-state index contributed by atoms with van der Waals surface area (Å²) in [5.41, 5.74) is 1.15. The van der Waals surface area contributed by atoms with Crippen LogP contribution in [0.1, 0.15) is 16.9 Å². The summed E-state index contributed by atoms with van der Waals surface area (Å²) in [4.78, 5) is 15.9. The molecule has 0 spiro atoms. The third-order valence-corrected chi connectivity index (χ3v) is 6.13. The van der Waals surface area contributed by atoms with Gasteiger partial charge in [-0.2, -0.15) is 0 Å². The van der Waals surface area contributed by atoms with E-state index in [9.17, 15) is 4.79 Å². The van der Waals surface area contributed by atoms with Crippen molar-refractivity contribution in [1.29, 1.82) is 0 Å². The molecule has 0 aliphatic rings. The quantitative estimate of drug-likeness (QED) is 0.619. The van der Waals surface area contributed by atoms with E-state index in [0.717, 1.165) is 24.2 Å². The number of ether oxygens (including phenoxy) is 1. The number of benzene rings is 1. The van der Waals surface area contributed by atoms with Crippen molar-refractivity contribution in [2.75, 3.05) is 13.7 Å². The van der Waals surface area contributed by atoms with Crippen LogP contribution in [0.4, 0.5) is 0 Å². The Kier molecular flexibility index (Phi) is 6.25. The number of nitrogens with one attached hydrogen (secondary N) is 1.